The zero-order valence-electron chi connectivity index (χ0n) is 14.5. The number of carbonyl (C=O) groups is 1. The Kier molecular flexibility index (Phi) is 4.94. The maximum atomic E-state index is 13.2. The van der Waals surface area contributed by atoms with Crippen molar-refractivity contribution in [1.29, 1.82) is 0 Å². The van der Waals surface area contributed by atoms with E-state index in [1.54, 1.807) is 22.9 Å². The van der Waals surface area contributed by atoms with Gasteiger partial charge >= 0.3 is 0 Å². The largest absolute Gasteiger partial charge is 0.382 e. The first kappa shape index (κ1) is 16.6. The Bertz CT molecular complexity index is 711. The monoisotopic (exact) mass is 328 g/mol. The number of rotatable bonds is 5. The Hall–Kier alpha value is -2.21. The molecule has 0 radical (unpaired) electrons. The molecule has 128 valence electrons. The van der Waals surface area contributed by atoms with Crippen LogP contribution in [0.5, 0.6) is 0 Å². The average Bonchev–Trinajstić information content (AvgIpc) is 2.95. The summed E-state index contributed by atoms with van der Waals surface area (Å²) in [4.78, 5) is 19.3. The van der Waals surface area contributed by atoms with E-state index < -0.39 is 0 Å². The van der Waals surface area contributed by atoms with Crippen molar-refractivity contribution < 1.29 is 9.53 Å². The molecular weight excluding hydrogens is 304 g/mol. The van der Waals surface area contributed by atoms with Gasteiger partial charge in [-0.05, 0) is 37.8 Å². The molecule has 2 aromatic rings. The summed E-state index contributed by atoms with van der Waals surface area (Å²) < 4.78 is 7.07. The highest BCUT2D eigenvalue weighted by Gasteiger charge is 2.30. The van der Waals surface area contributed by atoms with Crippen molar-refractivity contribution in [2.45, 2.75) is 31.7 Å². The van der Waals surface area contributed by atoms with Crippen LogP contribution in [0.3, 0.4) is 0 Å². The van der Waals surface area contributed by atoms with Gasteiger partial charge in [-0.3, -0.25) is 14.5 Å². The smallest absolute Gasteiger partial charge is 0.272 e. The number of methoxy groups -OCH3 is 1. The van der Waals surface area contributed by atoms with E-state index in [0.29, 0.717) is 12.3 Å². The van der Waals surface area contributed by atoms with Crippen LogP contribution in [0.2, 0.25) is 0 Å². The number of amides is 1. The Morgan fingerprint density at radius 3 is 2.88 bits per heavy atom. The number of hydrogen-bond acceptors (Lipinski definition) is 4. The van der Waals surface area contributed by atoms with Crippen LogP contribution in [-0.2, 0) is 24.6 Å². The van der Waals surface area contributed by atoms with E-state index in [2.05, 4.69) is 10.1 Å². The summed E-state index contributed by atoms with van der Waals surface area (Å²) in [7, 11) is 5.30. The van der Waals surface area contributed by atoms with Crippen molar-refractivity contribution in [2.24, 2.45) is 7.05 Å². The molecular formula is C18H24N4O2. The van der Waals surface area contributed by atoms with Gasteiger partial charge in [0.05, 0.1) is 24.0 Å². The number of hydrogen-bond donors (Lipinski definition) is 0. The molecule has 0 bridgehead atoms. The fourth-order valence-electron chi connectivity index (χ4n) is 3.38. The molecule has 3 rings (SSSR count). The lowest BCUT2D eigenvalue weighted by Crippen LogP contribution is -2.36. The normalized spacial score (nSPS) is 15.0. The minimum absolute atomic E-state index is 0.0270. The van der Waals surface area contributed by atoms with E-state index >= 15 is 0 Å². The van der Waals surface area contributed by atoms with Gasteiger partial charge in [0.15, 0.2) is 0 Å². The predicted molar refractivity (Wildman–Crippen MR) is 90.8 cm³/mol. The molecule has 0 spiro atoms. The molecule has 0 aromatic carbocycles. The topological polar surface area (TPSA) is 60.2 Å². The molecule has 2 aromatic heterocycles. The molecule has 0 unspecified atom stereocenters. The number of pyridine rings is 1. The zero-order valence-corrected chi connectivity index (χ0v) is 14.5. The Labute approximate surface area is 142 Å². The fraction of sp³-hybridized carbons (Fsp3) is 0.500. The molecule has 0 fully saturated rings. The van der Waals surface area contributed by atoms with Crippen molar-refractivity contribution in [1.82, 2.24) is 19.7 Å². The van der Waals surface area contributed by atoms with E-state index in [1.807, 2.05) is 32.3 Å². The number of fused-ring (bicyclic) bond motifs is 1. The lowest BCUT2D eigenvalue weighted by atomic mass is 9.95. The van der Waals surface area contributed by atoms with E-state index in [1.165, 1.54) is 0 Å². The van der Waals surface area contributed by atoms with Crippen LogP contribution < -0.4 is 0 Å². The van der Waals surface area contributed by atoms with E-state index in [4.69, 9.17) is 4.74 Å². The number of carbonyl (C=O) groups excluding carboxylic acids is 1. The maximum Gasteiger partial charge on any atom is 0.272 e. The standard InChI is InChI=1S/C18H24N4O2/c1-21(16(12-24-3)15-10-6-7-11-19-15)18(23)17-13-8-4-5-9-14(13)20-22(17)2/h6-7,10-11,16H,4-5,8-9,12H2,1-3H3/t16-/m0/s1. The number of aryl methyl sites for hydroxylation is 2. The molecule has 1 aliphatic carbocycles. The summed E-state index contributed by atoms with van der Waals surface area (Å²) in [6.07, 6.45) is 5.89. The van der Waals surface area contributed by atoms with Crippen molar-refractivity contribution in [3.8, 4) is 0 Å². The quantitative estimate of drug-likeness (QED) is 0.844. The SMILES string of the molecule is COC[C@@H](c1ccccn1)N(C)C(=O)c1c2c(nn1C)CCCC2. The highest BCUT2D eigenvalue weighted by atomic mass is 16.5. The van der Waals surface area contributed by atoms with Crippen LogP contribution in [0.1, 0.15) is 46.3 Å². The minimum atomic E-state index is -0.224. The second-order valence-electron chi connectivity index (χ2n) is 6.25. The first-order chi connectivity index (χ1) is 11.6. The van der Waals surface area contributed by atoms with Gasteiger partial charge in [-0.2, -0.15) is 5.10 Å². The molecule has 0 saturated carbocycles. The van der Waals surface area contributed by atoms with E-state index in [0.717, 1.165) is 42.6 Å². The second kappa shape index (κ2) is 7.13. The van der Waals surface area contributed by atoms with Gasteiger partial charge in [0, 0.05) is 33.0 Å². The van der Waals surface area contributed by atoms with Gasteiger partial charge < -0.3 is 9.64 Å². The van der Waals surface area contributed by atoms with E-state index in [-0.39, 0.29) is 11.9 Å². The lowest BCUT2D eigenvalue weighted by Gasteiger charge is -2.27. The van der Waals surface area contributed by atoms with Crippen molar-refractivity contribution >= 4 is 5.91 Å². The first-order valence-electron chi connectivity index (χ1n) is 8.35. The number of aromatic nitrogens is 3. The fourth-order valence-corrected chi connectivity index (χ4v) is 3.38. The second-order valence-corrected chi connectivity index (χ2v) is 6.25. The zero-order chi connectivity index (χ0) is 17.1. The molecule has 1 atom stereocenters. The van der Waals surface area contributed by atoms with Crippen LogP contribution in [0.15, 0.2) is 24.4 Å². The summed E-state index contributed by atoms with van der Waals surface area (Å²) >= 11 is 0. The molecule has 6 nitrogen and oxygen atoms in total. The van der Waals surface area contributed by atoms with Crippen molar-refractivity contribution in [2.75, 3.05) is 20.8 Å². The maximum absolute atomic E-state index is 13.2. The van der Waals surface area contributed by atoms with Gasteiger partial charge in [-0.15, -0.1) is 0 Å². The number of nitrogens with zero attached hydrogens (tertiary/aromatic N) is 4. The summed E-state index contributed by atoms with van der Waals surface area (Å²) in [6.45, 7) is 0.402. The first-order valence-corrected chi connectivity index (χ1v) is 8.35. The van der Waals surface area contributed by atoms with Crippen LogP contribution in [0, 0.1) is 0 Å². The van der Waals surface area contributed by atoms with Crippen LogP contribution in [-0.4, -0.2) is 46.3 Å². The molecule has 0 saturated heterocycles. The lowest BCUT2D eigenvalue weighted by molar-refractivity contribution is 0.0583. The van der Waals surface area contributed by atoms with Gasteiger partial charge in [-0.25, -0.2) is 0 Å². The summed E-state index contributed by atoms with van der Waals surface area (Å²) in [5, 5.41) is 4.55. The molecule has 1 aliphatic rings. The molecule has 1 amide bonds. The van der Waals surface area contributed by atoms with Crippen molar-refractivity contribution in [3.05, 3.63) is 47.0 Å². The molecule has 2 heterocycles. The van der Waals surface area contributed by atoms with Gasteiger partial charge in [0.2, 0.25) is 0 Å². The van der Waals surface area contributed by atoms with Gasteiger partial charge in [0.25, 0.3) is 5.91 Å². The number of likely N-dealkylation sites (N-methyl/N-ethyl adjacent to an activating group) is 1. The van der Waals surface area contributed by atoms with Crippen LogP contribution in [0.25, 0.3) is 0 Å². The summed E-state index contributed by atoms with van der Waals surface area (Å²) in [5.41, 5.74) is 3.70. The number of ether oxygens (including phenoxy) is 1. The minimum Gasteiger partial charge on any atom is -0.382 e. The highest BCUT2D eigenvalue weighted by molar-refractivity contribution is 5.94. The third-order valence-electron chi connectivity index (χ3n) is 4.66. The third kappa shape index (κ3) is 3.06. The summed E-state index contributed by atoms with van der Waals surface area (Å²) in [6, 6.07) is 5.49. The van der Waals surface area contributed by atoms with Crippen LogP contribution >= 0.6 is 0 Å². The van der Waals surface area contributed by atoms with Gasteiger partial charge in [-0.1, -0.05) is 6.07 Å². The predicted octanol–water partition coefficient (Wildman–Crippen LogP) is 2.15. The van der Waals surface area contributed by atoms with Crippen molar-refractivity contribution in [3.63, 3.8) is 0 Å². The molecule has 0 N–H and O–H groups in total. The molecule has 0 aliphatic heterocycles. The van der Waals surface area contributed by atoms with Crippen LogP contribution in [0.4, 0.5) is 0 Å². The summed E-state index contributed by atoms with van der Waals surface area (Å²) in [5.74, 6) is -0.0270. The Morgan fingerprint density at radius 1 is 1.38 bits per heavy atom. The highest BCUT2D eigenvalue weighted by Crippen LogP contribution is 2.27. The molecule has 6 heteroatoms. The Morgan fingerprint density at radius 2 is 2.17 bits per heavy atom. The molecule has 24 heavy (non-hydrogen) atoms. The third-order valence-corrected chi connectivity index (χ3v) is 4.66. The van der Waals surface area contributed by atoms with Gasteiger partial charge in [0.1, 0.15) is 5.69 Å². The average molecular weight is 328 g/mol. The van der Waals surface area contributed by atoms with E-state index in [9.17, 15) is 4.79 Å². The Balaban J connectivity index is 1.92.